The van der Waals surface area contributed by atoms with Gasteiger partial charge >= 0.3 is 15.7 Å². The fraction of sp³-hybridized carbons (Fsp3) is 0. The van der Waals surface area contributed by atoms with Gasteiger partial charge in [-0.1, -0.05) is 40.2 Å². The molecule has 180 valence electrons. The van der Waals surface area contributed by atoms with Crippen LogP contribution in [-0.2, 0) is 21.0 Å². The SMILES string of the molecule is O=c1oc2c(OS(=O)(=O)c3cccc([N+](=O)[O-])c3)cccc2cc1N(c1cccc(Br)c1)[SH](=O)=O. The molecule has 0 spiro atoms. The summed E-state index contributed by atoms with van der Waals surface area (Å²) in [6.07, 6.45) is 0. The molecule has 14 heteroatoms. The molecule has 0 atom stereocenters. The molecule has 0 bridgehead atoms. The summed E-state index contributed by atoms with van der Waals surface area (Å²) in [6.45, 7) is 0. The second-order valence-electron chi connectivity index (χ2n) is 6.92. The predicted molar refractivity (Wildman–Crippen MR) is 130 cm³/mol. The highest BCUT2D eigenvalue weighted by atomic mass is 79.9. The van der Waals surface area contributed by atoms with E-state index in [2.05, 4.69) is 15.9 Å². The standard InChI is InChI=1S/C21H13BrN2O9S2/c22-14-5-2-6-15(11-14)23(34(28)29)18-10-13-4-1-9-19(20(13)32-21(18)25)33-35(30,31)17-8-3-7-16(12-17)24(26)27/h1-12,34H. The Morgan fingerprint density at radius 2 is 1.71 bits per heavy atom. The van der Waals surface area contributed by atoms with Crippen LogP contribution < -0.4 is 14.1 Å². The molecule has 0 radical (unpaired) electrons. The van der Waals surface area contributed by atoms with Crippen LogP contribution in [0.4, 0.5) is 17.1 Å². The molecule has 0 unspecified atom stereocenters. The summed E-state index contributed by atoms with van der Waals surface area (Å²) in [5.74, 6) is -0.363. The van der Waals surface area contributed by atoms with Gasteiger partial charge in [-0.2, -0.15) is 8.42 Å². The van der Waals surface area contributed by atoms with Crippen molar-refractivity contribution in [3.63, 3.8) is 0 Å². The lowest BCUT2D eigenvalue weighted by atomic mass is 10.2. The van der Waals surface area contributed by atoms with Crippen LogP contribution in [0.15, 0.2) is 91.4 Å². The summed E-state index contributed by atoms with van der Waals surface area (Å²) in [6, 6.07) is 15.8. The number of nitro groups is 1. The van der Waals surface area contributed by atoms with Gasteiger partial charge in [-0.15, -0.1) is 0 Å². The molecule has 0 N–H and O–H groups in total. The minimum Gasteiger partial charge on any atom is -0.417 e. The second-order valence-corrected chi connectivity index (χ2v) is 10.3. The fourth-order valence-corrected chi connectivity index (χ4v) is 5.16. The summed E-state index contributed by atoms with van der Waals surface area (Å²) in [5, 5.41) is 11.1. The van der Waals surface area contributed by atoms with E-state index in [1.54, 1.807) is 12.1 Å². The van der Waals surface area contributed by atoms with Crippen molar-refractivity contribution in [1.29, 1.82) is 0 Å². The van der Waals surface area contributed by atoms with E-state index in [0.717, 1.165) is 22.5 Å². The Balaban J connectivity index is 1.80. The number of non-ortho nitro benzene ring substituents is 1. The van der Waals surface area contributed by atoms with Crippen LogP contribution in [0.5, 0.6) is 5.75 Å². The highest BCUT2D eigenvalue weighted by Crippen LogP contribution is 2.32. The second kappa shape index (κ2) is 9.48. The summed E-state index contributed by atoms with van der Waals surface area (Å²) >= 11 is 3.24. The number of anilines is 2. The van der Waals surface area contributed by atoms with Crippen LogP contribution in [0.2, 0.25) is 0 Å². The van der Waals surface area contributed by atoms with Crippen molar-refractivity contribution in [2.24, 2.45) is 0 Å². The molecule has 0 aliphatic rings. The molecular weight excluding hydrogens is 568 g/mol. The van der Waals surface area contributed by atoms with Gasteiger partial charge < -0.3 is 8.60 Å². The quantitative estimate of drug-likeness (QED) is 0.113. The minimum atomic E-state index is -4.54. The summed E-state index contributed by atoms with van der Waals surface area (Å²) in [5.41, 5.74) is -1.94. The molecule has 11 nitrogen and oxygen atoms in total. The first kappa shape index (κ1) is 24.4. The largest absolute Gasteiger partial charge is 0.417 e. The topological polar surface area (TPSA) is 154 Å². The zero-order valence-corrected chi connectivity index (χ0v) is 20.5. The van der Waals surface area contributed by atoms with Gasteiger partial charge in [-0.05, 0) is 36.4 Å². The minimum absolute atomic E-state index is 0.169. The zero-order valence-electron chi connectivity index (χ0n) is 17.2. The van der Waals surface area contributed by atoms with E-state index in [1.807, 2.05) is 0 Å². The zero-order chi connectivity index (χ0) is 25.3. The number of rotatable bonds is 7. The van der Waals surface area contributed by atoms with Crippen LogP contribution >= 0.6 is 15.9 Å². The van der Waals surface area contributed by atoms with Gasteiger partial charge in [0.05, 0.1) is 10.6 Å². The van der Waals surface area contributed by atoms with Crippen molar-refractivity contribution in [2.75, 3.05) is 4.31 Å². The molecule has 0 amide bonds. The molecule has 0 saturated heterocycles. The lowest BCUT2D eigenvalue weighted by molar-refractivity contribution is -0.385. The van der Waals surface area contributed by atoms with E-state index in [0.29, 0.717) is 4.47 Å². The summed E-state index contributed by atoms with van der Waals surface area (Å²) in [7, 11) is -7.84. The van der Waals surface area contributed by atoms with E-state index >= 15 is 0 Å². The van der Waals surface area contributed by atoms with E-state index in [-0.39, 0.29) is 28.1 Å². The van der Waals surface area contributed by atoms with Gasteiger partial charge in [0, 0.05) is 22.0 Å². The Kier molecular flexibility index (Phi) is 6.60. The number of para-hydroxylation sites is 1. The molecule has 1 heterocycles. The van der Waals surface area contributed by atoms with Crippen molar-refractivity contribution in [2.45, 2.75) is 4.90 Å². The van der Waals surface area contributed by atoms with Crippen molar-refractivity contribution < 1.29 is 30.4 Å². The Morgan fingerprint density at radius 1 is 1.00 bits per heavy atom. The number of thiol groups is 1. The molecule has 0 aliphatic heterocycles. The summed E-state index contributed by atoms with van der Waals surface area (Å²) < 4.78 is 61.2. The molecule has 4 rings (SSSR count). The highest BCUT2D eigenvalue weighted by molar-refractivity contribution is 9.10. The third-order valence-corrected chi connectivity index (χ3v) is 7.16. The lowest BCUT2D eigenvalue weighted by Crippen LogP contribution is -2.21. The normalized spacial score (nSPS) is 11.5. The predicted octanol–water partition coefficient (Wildman–Crippen LogP) is 3.90. The van der Waals surface area contributed by atoms with Crippen LogP contribution in [0, 0.1) is 10.1 Å². The van der Waals surface area contributed by atoms with Gasteiger partial charge in [0.1, 0.15) is 10.6 Å². The molecule has 0 aliphatic carbocycles. The van der Waals surface area contributed by atoms with E-state index in [9.17, 15) is 31.7 Å². The van der Waals surface area contributed by atoms with Crippen LogP contribution in [0.25, 0.3) is 11.0 Å². The first-order valence-corrected chi connectivity index (χ1v) is 12.9. The number of hydrogen-bond donors (Lipinski definition) is 1. The van der Waals surface area contributed by atoms with E-state index in [1.165, 1.54) is 42.5 Å². The first-order valence-electron chi connectivity index (χ1n) is 9.52. The van der Waals surface area contributed by atoms with Crippen LogP contribution in [0.1, 0.15) is 0 Å². The molecule has 3 aromatic carbocycles. The maximum atomic E-state index is 12.8. The lowest BCUT2D eigenvalue weighted by Gasteiger charge is -2.17. The highest BCUT2D eigenvalue weighted by Gasteiger charge is 2.23. The number of nitrogens with zero attached hydrogens (tertiary/aromatic N) is 2. The molecule has 4 aromatic rings. The van der Waals surface area contributed by atoms with Crippen LogP contribution in [0.3, 0.4) is 0 Å². The van der Waals surface area contributed by atoms with E-state index < -0.39 is 42.1 Å². The van der Waals surface area contributed by atoms with Gasteiger partial charge in [-0.3, -0.25) is 10.1 Å². The molecule has 1 aromatic heterocycles. The average Bonchev–Trinajstić information content (AvgIpc) is 2.80. The number of fused-ring (bicyclic) bond motifs is 1. The summed E-state index contributed by atoms with van der Waals surface area (Å²) in [4.78, 5) is 22.5. The third kappa shape index (κ3) is 5.03. The smallest absolute Gasteiger partial charge is 0.361 e. The molecular formula is C21H13BrN2O9S2. The van der Waals surface area contributed by atoms with Gasteiger partial charge in [0.2, 0.25) is 10.9 Å². The Morgan fingerprint density at radius 3 is 2.40 bits per heavy atom. The van der Waals surface area contributed by atoms with Gasteiger partial charge in [-0.25, -0.2) is 17.5 Å². The van der Waals surface area contributed by atoms with Crippen LogP contribution in [-0.4, -0.2) is 21.8 Å². The third-order valence-electron chi connectivity index (χ3n) is 4.67. The molecule has 0 saturated carbocycles. The first-order chi connectivity index (χ1) is 16.6. The van der Waals surface area contributed by atoms with Gasteiger partial charge in [0.25, 0.3) is 5.69 Å². The maximum absolute atomic E-state index is 12.8. The number of halogens is 1. The van der Waals surface area contributed by atoms with Crippen molar-refractivity contribution >= 4 is 65.0 Å². The van der Waals surface area contributed by atoms with E-state index in [4.69, 9.17) is 8.60 Å². The Bertz CT molecular complexity index is 1710. The maximum Gasteiger partial charge on any atom is 0.361 e. The van der Waals surface area contributed by atoms with Crippen molar-refractivity contribution in [1.82, 2.24) is 0 Å². The molecule has 0 fully saturated rings. The number of benzene rings is 3. The van der Waals surface area contributed by atoms with Crippen molar-refractivity contribution in [3.05, 3.63) is 97.8 Å². The number of hydrogen-bond acceptors (Lipinski definition) is 9. The average molecular weight is 581 g/mol. The van der Waals surface area contributed by atoms with Gasteiger partial charge in [0.15, 0.2) is 11.3 Å². The van der Waals surface area contributed by atoms with Crippen molar-refractivity contribution in [3.8, 4) is 5.75 Å². The Hall–Kier alpha value is -3.75. The fourth-order valence-electron chi connectivity index (χ4n) is 3.17. The number of nitro benzene ring substituents is 1. The monoisotopic (exact) mass is 580 g/mol. The molecule has 35 heavy (non-hydrogen) atoms. The Labute approximate surface area is 207 Å².